The maximum atomic E-state index is 12.8. The molecule has 2 atom stereocenters. The van der Waals surface area contributed by atoms with Crippen molar-refractivity contribution in [3.05, 3.63) is 53.9 Å². The molecule has 5 rings (SSSR count). The molecule has 1 saturated heterocycles. The van der Waals surface area contributed by atoms with E-state index in [-0.39, 0.29) is 18.2 Å². The molecule has 0 spiro atoms. The lowest BCUT2D eigenvalue weighted by Gasteiger charge is -2.31. The Morgan fingerprint density at radius 3 is 2.91 bits per heavy atom. The number of likely N-dealkylation sites (tertiary alicyclic amines) is 1. The molecule has 3 aromatic heterocycles. The average Bonchev–Trinajstić information content (AvgIpc) is 3.47. The average molecular weight is 450 g/mol. The molecule has 10 nitrogen and oxygen atoms in total. The molecule has 5 heterocycles. The summed E-state index contributed by atoms with van der Waals surface area (Å²) in [6, 6.07) is 3.97. The van der Waals surface area contributed by atoms with Crippen LogP contribution in [0.15, 0.2) is 37.1 Å². The number of carbonyl (C=O) groups excluding carboxylic acids is 1. The van der Waals surface area contributed by atoms with E-state index in [9.17, 15) is 4.79 Å². The Bertz CT molecular complexity index is 1180. The second kappa shape index (κ2) is 8.80. The summed E-state index contributed by atoms with van der Waals surface area (Å²) < 4.78 is 13.6. The fourth-order valence-electron chi connectivity index (χ4n) is 4.39. The minimum absolute atomic E-state index is 0.0671. The summed E-state index contributed by atoms with van der Waals surface area (Å²) in [4.78, 5) is 27.8. The Morgan fingerprint density at radius 2 is 2.15 bits per heavy atom. The lowest BCUT2D eigenvalue weighted by molar-refractivity contribution is -0.0261. The van der Waals surface area contributed by atoms with Gasteiger partial charge in [-0.3, -0.25) is 15.1 Å². The first kappa shape index (κ1) is 21.4. The molecule has 3 aromatic rings. The second-order valence-corrected chi connectivity index (χ2v) is 8.33. The van der Waals surface area contributed by atoms with Gasteiger partial charge in [0, 0.05) is 61.1 Å². The maximum absolute atomic E-state index is 12.8. The van der Waals surface area contributed by atoms with Gasteiger partial charge in [0.05, 0.1) is 31.9 Å². The van der Waals surface area contributed by atoms with Crippen LogP contribution in [0.25, 0.3) is 11.3 Å². The van der Waals surface area contributed by atoms with E-state index in [4.69, 9.17) is 9.47 Å². The number of aryl methyl sites for hydroxylation is 2. The number of hydrogen-bond donors (Lipinski definition) is 2. The molecule has 2 aliphatic rings. The predicted molar refractivity (Wildman–Crippen MR) is 122 cm³/mol. The standard InChI is InChI=1S/C23H27N7O3/c1-14-8-15(9-25-21(14)32-3)20-19-17(4-6-24-20)26-12-27-22(19)33-16-5-7-30(10-16)23(31)18-11-29(2)13-28-18/h4,6,8-9,11,13,16,22,26-27H,5,7,10,12H2,1-3H3. The summed E-state index contributed by atoms with van der Waals surface area (Å²) in [6.45, 7) is 3.69. The smallest absolute Gasteiger partial charge is 0.274 e. The topological polar surface area (TPSA) is 106 Å². The molecule has 2 N–H and O–H groups in total. The minimum atomic E-state index is -0.359. The van der Waals surface area contributed by atoms with Crippen molar-refractivity contribution in [3.8, 4) is 17.1 Å². The summed E-state index contributed by atoms with van der Waals surface area (Å²) in [5.41, 5.74) is 4.99. The van der Waals surface area contributed by atoms with E-state index in [1.54, 1.807) is 41.5 Å². The number of amides is 1. The molecular formula is C23H27N7O3. The lowest BCUT2D eigenvalue weighted by Crippen LogP contribution is -2.38. The van der Waals surface area contributed by atoms with Crippen LogP contribution in [0.5, 0.6) is 5.88 Å². The Morgan fingerprint density at radius 1 is 1.27 bits per heavy atom. The molecule has 1 fully saturated rings. The molecule has 0 aromatic carbocycles. The fourth-order valence-corrected chi connectivity index (χ4v) is 4.39. The van der Waals surface area contributed by atoms with Gasteiger partial charge in [0.25, 0.3) is 5.91 Å². The Hall–Kier alpha value is -3.50. The highest BCUT2D eigenvalue weighted by atomic mass is 16.5. The highest BCUT2D eigenvalue weighted by Gasteiger charge is 2.33. The van der Waals surface area contributed by atoms with E-state index in [2.05, 4.69) is 25.6 Å². The van der Waals surface area contributed by atoms with E-state index >= 15 is 0 Å². The summed E-state index contributed by atoms with van der Waals surface area (Å²) in [5, 5.41) is 6.76. The van der Waals surface area contributed by atoms with Crippen molar-refractivity contribution in [1.82, 2.24) is 29.7 Å². The Labute approximate surface area is 192 Å². The number of hydrogen-bond acceptors (Lipinski definition) is 8. The van der Waals surface area contributed by atoms with E-state index < -0.39 is 0 Å². The highest BCUT2D eigenvalue weighted by molar-refractivity contribution is 5.92. The predicted octanol–water partition coefficient (Wildman–Crippen LogP) is 2.10. The van der Waals surface area contributed by atoms with Gasteiger partial charge >= 0.3 is 0 Å². The third-order valence-corrected chi connectivity index (χ3v) is 6.00. The maximum Gasteiger partial charge on any atom is 0.274 e. The van der Waals surface area contributed by atoms with Gasteiger partial charge in [-0.2, -0.15) is 0 Å². The molecule has 1 amide bonds. The number of rotatable bonds is 5. The first-order valence-electron chi connectivity index (χ1n) is 10.9. The van der Waals surface area contributed by atoms with Gasteiger partial charge < -0.3 is 24.3 Å². The van der Waals surface area contributed by atoms with Crippen molar-refractivity contribution in [3.63, 3.8) is 0 Å². The number of methoxy groups -OCH3 is 1. The number of nitrogens with zero attached hydrogens (tertiary/aromatic N) is 5. The van der Waals surface area contributed by atoms with E-state index in [1.165, 1.54) is 0 Å². The third-order valence-electron chi connectivity index (χ3n) is 6.00. The van der Waals surface area contributed by atoms with Crippen molar-refractivity contribution in [2.24, 2.45) is 7.05 Å². The summed E-state index contributed by atoms with van der Waals surface area (Å²) in [6.07, 6.45) is 7.24. The van der Waals surface area contributed by atoms with Crippen LogP contribution in [0.4, 0.5) is 5.69 Å². The van der Waals surface area contributed by atoms with Crippen LogP contribution in [0, 0.1) is 6.92 Å². The van der Waals surface area contributed by atoms with Crippen molar-refractivity contribution in [1.29, 1.82) is 0 Å². The largest absolute Gasteiger partial charge is 0.481 e. The molecule has 10 heteroatoms. The van der Waals surface area contributed by atoms with E-state index in [0.717, 1.165) is 34.5 Å². The number of fused-ring (bicyclic) bond motifs is 1. The van der Waals surface area contributed by atoms with E-state index in [1.807, 2.05) is 26.1 Å². The van der Waals surface area contributed by atoms with Crippen LogP contribution in [0.2, 0.25) is 0 Å². The summed E-state index contributed by atoms with van der Waals surface area (Å²) >= 11 is 0. The van der Waals surface area contributed by atoms with E-state index in [0.29, 0.717) is 31.3 Å². The SMILES string of the molecule is COc1ncc(-c2nccc3c2C(OC2CCN(C(=O)c4cn(C)cn4)C2)NCN3)cc1C. The van der Waals surface area contributed by atoms with Crippen molar-refractivity contribution >= 4 is 11.6 Å². The number of imidazole rings is 1. The quantitative estimate of drug-likeness (QED) is 0.610. The minimum Gasteiger partial charge on any atom is -0.481 e. The number of aromatic nitrogens is 4. The Kier molecular flexibility index (Phi) is 5.69. The van der Waals surface area contributed by atoms with Crippen molar-refractivity contribution < 1.29 is 14.3 Å². The first-order valence-corrected chi connectivity index (χ1v) is 10.9. The van der Waals surface area contributed by atoms with Crippen molar-refractivity contribution in [2.45, 2.75) is 25.7 Å². The highest BCUT2D eigenvalue weighted by Crippen LogP contribution is 2.37. The Balaban J connectivity index is 1.37. The normalized spacial score (nSPS) is 19.8. The van der Waals surface area contributed by atoms with Gasteiger partial charge in [0.1, 0.15) is 11.9 Å². The second-order valence-electron chi connectivity index (χ2n) is 8.33. The van der Waals surface area contributed by atoms with Gasteiger partial charge in [-0.25, -0.2) is 9.97 Å². The first-order chi connectivity index (χ1) is 16.0. The summed E-state index contributed by atoms with van der Waals surface area (Å²) in [5.74, 6) is 0.527. The zero-order valence-electron chi connectivity index (χ0n) is 18.9. The number of anilines is 1. The van der Waals surface area contributed by atoms with Gasteiger partial charge in [-0.05, 0) is 25.5 Å². The van der Waals surface area contributed by atoms with Gasteiger partial charge in [0.15, 0.2) is 0 Å². The molecule has 0 saturated carbocycles. The summed E-state index contributed by atoms with van der Waals surface area (Å²) in [7, 11) is 3.46. The molecule has 172 valence electrons. The van der Waals surface area contributed by atoms with Crippen LogP contribution in [-0.4, -0.2) is 63.3 Å². The third kappa shape index (κ3) is 4.14. The fraction of sp³-hybridized carbons (Fsp3) is 0.391. The molecule has 0 radical (unpaired) electrons. The van der Waals surface area contributed by atoms with Crippen LogP contribution < -0.4 is 15.4 Å². The number of carbonyl (C=O) groups is 1. The molecule has 0 bridgehead atoms. The molecule has 33 heavy (non-hydrogen) atoms. The van der Waals surface area contributed by atoms with Gasteiger partial charge in [-0.1, -0.05) is 0 Å². The van der Waals surface area contributed by atoms with Crippen LogP contribution >= 0.6 is 0 Å². The molecule has 2 unspecified atom stereocenters. The number of ether oxygens (including phenoxy) is 2. The lowest BCUT2D eigenvalue weighted by atomic mass is 10.0. The van der Waals surface area contributed by atoms with Gasteiger partial charge in [0.2, 0.25) is 5.88 Å². The molecule has 2 aliphatic heterocycles. The molecule has 0 aliphatic carbocycles. The molecular weight excluding hydrogens is 422 g/mol. The van der Waals surface area contributed by atoms with Crippen LogP contribution in [0.3, 0.4) is 0 Å². The zero-order valence-corrected chi connectivity index (χ0v) is 18.9. The number of pyridine rings is 2. The van der Waals surface area contributed by atoms with Crippen LogP contribution in [0.1, 0.15) is 34.3 Å². The number of nitrogens with one attached hydrogen (secondary N) is 2. The van der Waals surface area contributed by atoms with Crippen molar-refractivity contribution in [2.75, 3.05) is 32.2 Å². The zero-order chi connectivity index (χ0) is 22.9. The monoisotopic (exact) mass is 449 g/mol. The van der Waals surface area contributed by atoms with Gasteiger partial charge in [-0.15, -0.1) is 0 Å². The van der Waals surface area contributed by atoms with Crippen LogP contribution in [-0.2, 0) is 11.8 Å².